The third-order valence-corrected chi connectivity index (χ3v) is 9.05. The van der Waals surface area contributed by atoms with Crippen LogP contribution in [0.25, 0.3) is 0 Å². The summed E-state index contributed by atoms with van der Waals surface area (Å²) >= 11 is 6.73. The molecule has 0 radical (unpaired) electrons. The molecule has 0 aromatic rings. The van der Waals surface area contributed by atoms with Crippen LogP contribution >= 0.6 is 11.6 Å². The van der Waals surface area contributed by atoms with E-state index in [1.165, 1.54) is 26.0 Å². The van der Waals surface area contributed by atoms with E-state index in [-0.39, 0.29) is 30.8 Å². The van der Waals surface area contributed by atoms with E-state index >= 15 is 0 Å². The van der Waals surface area contributed by atoms with Gasteiger partial charge in [0.2, 0.25) is 0 Å². The number of aliphatic hydroxyl groups is 1. The number of rotatable bonds is 7. The van der Waals surface area contributed by atoms with Gasteiger partial charge in [-0.3, -0.25) is 19.2 Å². The topological polar surface area (TPSA) is 152 Å². The third-order valence-electron chi connectivity index (χ3n) is 8.54. The Morgan fingerprint density at radius 1 is 1.12 bits per heavy atom. The highest BCUT2D eigenvalue weighted by Crippen LogP contribution is 2.56. The first-order valence-corrected chi connectivity index (χ1v) is 14.7. The maximum atomic E-state index is 13.1. The molecule has 9 unspecified atom stereocenters. The molecule has 0 spiro atoms. The highest BCUT2D eigenvalue weighted by atomic mass is 35.5. The summed E-state index contributed by atoms with van der Waals surface area (Å²) in [5.41, 5.74) is -2.96. The predicted octanol–water partition coefficient (Wildman–Crippen LogP) is 3.35. The molecule has 3 rings (SSSR count). The lowest BCUT2D eigenvalue weighted by atomic mass is 9.55. The van der Waals surface area contributed by atoms with Crippen molar-refractivity contribution >= 4 is 41.4 Å². The first-order chi connectivity index (χ1) is 19.9. The lowest BCUT2D eigenvalue weighted by molar-refractivity contribution is -0.218. The van der Waals surface area contributed by atoms with Gasteiger partial charge in [0.1, 0.15) is 18.3 Å². The number of carbonyl (C=O) groups excluding carboxylic acids is 5. The Morgan fingerprint density at radius 2 is 1.74 bits per heavy atom. The van der Waals surface area contributed by atoms with E-state index in [0.29, 0.717) is 5.57 Å². The van der Waals surface area contributed by atoms with Gasteiger partial charge < -0.3 is 28.8 Å². The quantitative estimate of drug-likeness (QED) is 0.192. The van der Waals surface area contributed by atoms with E-state index in [1.807, 2.05) is 13.8 Å². The Hall–Kier alpha value is -3.18. The zero-order valence-electron chi connectivity index (χ0n) is 25.4. The molecular formula is C31H41ClO11. The van der Waals surface area contributed by atoms with Crippen molar-refractivity contribution in [3.63, 3.8) is 0 Å². The van der Waals surface area contributed by atoms with Crippen LogP contribution in [0.1, 0.15) is 60.8 Å². The molecule has 11 nitrogen and oxygen atoms in total. The van der Waals surface area contributed by atoms with Crippen LogP contribution < -0.4 is 0 Å². The first kappa shape index (κ1) is 34.3. The van der Waals surface area contributed by atoms with Gasteiger partial charge in [0.25, 0.3) is 0 Å². The number of fused-ring (bicyclic) bond motifs is 2. The second kappa shape index (κ2) is 13.2. The number of ether oxygens (including phenoxy) is 5. The maximum absolute atomic E-state index is 13.1. The van der Waals surface area contributed by atoms with Crippen molar-refractivity contribution in [2.45, 2.75) is 96.2 Å². The summed E-state index contributed by atoms with van der Waals surface area (Å²) in [7, 11) is 0. The smallest absolute Gasteiger partial charge is 0.344 e. The van der Waals surface area contributed by atoms with Crippen molar-refractivity contribution in [1.29, 1.82) is 0 Å². The van der Waals surface area contributed by atoms with Gasteiger partial charge in [0, 0.05) is 26.2 Å². The molecule has 0 bridgehead atoms. The summed E-state index contributed by atoms with van der Waals surface area (Å²) in [6, 6.07) is 0. The van der Waals surface area contributed by atoms with Crippen LogP contribution in [0, 0.1) is 23.2 Å². The molecule has 1 N–H and O–H groups in total. The second-order valence-electron chi connectivity index (χ2n) is 12.1. The van der Waals surface area contributed by atoms with Gasteiger partial charge >= 0.3 is 29.8 Å². The number of hydrogen-bond acceptors (Lipinski definition) is 11. The summed E-state index contributed by atoms with van der Waals surface area (Å²) in [5, 5.41) is 11.2. The van der Waals surface area contributed by atoms with Gasteiger partial charge in [0.05, 0.1) is 16.7 Å². The van der Waals surface area contributed by atoms with E-state index < -0.39 is 89.1 Å². The van der Waals surface area contributed by atoms with Crippen LogP contribution in [-0.4, -0.2) is 77.0 Å². The summed E-state index contributed by atoms with van der Waals surface area (Å²) in [4.78, 5) is 63.1. The average molecular weight is 625 g/mol. The molecule has 0 amide bonds. The van der Waals surface area contributed by atoms with E-state index in [9.17, 15) is 29.1 Å². The lowest BCUT2D eigenvalue weighted by Crippen LogP contribution is -2.66. The molecule has 12 heteroatoms. The number of hydrogen-bond donors (Lipinski definition) is 1. The predicted molar refractivity (Wildman–Crippen MR) is 153 cm³/mol. The first-order valence-electron chi connectivity index (χ1n) is 14.3. The van der Waals surface area contributed by atoms with Gasteiger partial charge in [-0.25, -0.2) is 4.79 Å². The van der Waals surface area contributed by atoms with Gasteiger partial charge in [-0.1, -0.05) is 45.6 Å². The second-order valence-corrected chi connectivity index (χ2v) is 12.6. The Morgan fingerprint density at radius 3 is 2.33 bits per heavy atom. The van der Waals surface area contributed by atoms with Crippen molar-refractivity contribution in [2.24, 2.45) is 23.2 Å². The molecule has 0 aromatic heterocycles. The molecule has 9 atom stereocenters. The molecule has 238 valence electrons. The fraction of sp³-hybridized carbons (Fsp3) is 0.645. The summed E-state index contributed by atoms with van der Waals surface area (Å²) in [6.07, 6.45) is -1.48. The van der Waals surface area contributed by atoms with E-state index in [0.717, 1.165) is 6.92 Å². The molecule has 2 fully saturated rings. The standard InChI is InChI=1S/C31H41ClO11/c1-15(2)13-23(35)39-14-24(36)42-22-12-10-17(4)26(32)28-31(38,18(5)29(37)43-28)27(41-20(7)34)25-16(3)9-11-21(30(22,25)8)40-19(6)33/h10,12,15,18,21-22,25-28,38H,3-4,9,11,13-14H2,1-2,5-8H3. The van der Waals surface area contributed by atoms with Crippen LogP contribution in [0.4, 0.5) is 0 Å². The fourth-order valence-electron chi connectivity index (χ4n) is 6.36. The molecule has 2 aliphatic carbocycles. The molecule has 1 aliphatic heterocycles. The van der Waals surface area contributed by atoms with Gasteiger partial charge in [-0.15, -0.1) is 11.6 Å². The molecular weight excluding hydrogens is 584 g/mol. The molecule has 0 aromatic carbocycles. The Balaban J connectivity index is 2.23. The van der Waals surface area contributed by atoms with E-state index in [1.54, 1.807) is 6.92 Å². The minimum Gasteiger partial charge on any atom is -0.462 e. The van der Waals surface area contributed by atoms with Crippen LogP contribution in [0.3, 0.4) is 0 Å². The number of halogens is 1. The highest BCUT2D eigenvalue weighted by Gasteiger charge is 2.69. The third kappa shape index (κ3) is 6.82. The van der Waals surface area contributed by atoms with Crippen molar-refractivity contribution in [2.75, 3.05) is 6.61 Å². The van der Waals surface area contributed by atoms with Gasteiger partial charge in [0.15, 0.2) is 18.3 Å². The number of carbonyl (C=O) groups is 5. The van der Waals surface area contributed by atoms with E-state index in [4.69, 9.17) is 35.3 Å². The van der Waals surface area contributed by atoms with Crippen LogP contribution in [0.2, 0.25) is 0 Å². The van der Waals surface area contributed by atoms with Crippen molar-refractivity contribution in [3.8, 4) is 0 Å². The zero-order chi connectivity index (χ0) is 32.4. The number of alkyl halides is 1. The number of allylic oxidation sites excluding steroid dienone is 1. The molecule has 1 heterocycles. The molecule has 3 aliphatic rings. The summed E-state index contributed by atoms with van der Waals surface area (Å²) in [6.45, 7) is 16.6. The van der Waals surface area contributed by atoms with E-state index in [2.05, 4.69) is 13.2 Å². The van der Waals surface area contributed by atoms with Gasteiger partial charge in [-0.05, 0) is 37.3 Å². The maximum Gasteiger partial charge on any atom is 0.344 e. The minimum atomic E-state index is -2.20. The van der Waals surface area contributed by atoms with Crippen LogP contribution in [0.15, 0.2) is 36.5 Å². The van der Waals surface area contributed by atoms with Gasteiger partial charge in [-0.2, -0.15) is 0 Å². The van der Waals surface area contributed by atoms with Crippen molar-refractivity contribution in [3.05, 3.63) is 36.5 Å². The summed E-state index contributed by atoms with van der Waals surface area (Å²) < 4.78 is 28.2. The molecule has 43 heavy (non-hydrogen) atoms. The lowest BCUT2D eigenvalue weighted by Gasteiger charge is -2.55. The minimum absolute atomic E-state index is 0.0124. The monoisotopic (exact) mass is 624 g/mol. The van der Waals surface area contributed by atoms with Crippen molar-refractivity contribution < 1.29 is 52.8 Å². The van der Waals surface area contributed by atoms with Crippen LogP contribution in [-0.2, 0) is 47.7 Å². The molecule has 1 saturated carbocycles. The highest BCUT2D eigenvalue weighted by molar-refractivity contribution is 6.23. The fourth-order valence-corrected chi connectivity index (χ4v) is 6.68. The number of esters is 5. The SMILES string of the molecule is C=C1C=CC(OC(=O)COC(=O)CC(C)C)C2(C)C(OC(C)=O)CCC(=C)C2C(OC(C)=O)C2(O)C(C)C(=O)OC2C1Cl. The average Bonchev–Trinajstić information content (AvgIpc) is 3.13. The Bertz CT molecular complexity index is 1210. The Kier molecular flexibility index (Phi) is 10.5. The summed E-state index contributed by atoms with van der Waals surface area (Å²) in [5.74, 6) is -5.91. The Labute approximate surface area is 256 Å². The van der Waals surface area contributed by atoms with Crippen LogP contribution in [0.5, 0.6) is 0 Å². The van der Waals surface area contributed by atoms with Crippen molar-refractivity contribution in [1.82, 2.24) is 0 Å². The zero-order valence-corrected chi connectivity index (χ0v) is 26.2. The largest absolute Gasteiger partial charge is 0.462 e. The normalized spacial score (nSPS) is 35.7. The molecule has 1 saturated heterocycles.